The van der Waals surface area contributed by atoms with E-state index in [-0.39, 0.29) is 41.5 Å². The van der Waals surface area contributed by atoms with Crippen LogP contribution in [0.3, 0.4) is 0 Å². The second-order valence-corrected chi connectivity index (χ2v) is 2.95. The van der Waals surface area contributed by atoms with Crippen molar-refractivity contribution in [1.82, 2.24) is 18.5 Å². The summed E-state index contributed by atoms with van der Waals surface area (Å²) in [4.78, 5) is 45.8. The molecule has 14 heteroatoms. The Bertz CT molecular complexity index is 135. The van der Waals surface area contributed by atoms with Crippen LogP contribution in [-0.2, 0) is 9.13 Å². The summed E-state index contributed by atoms with van der Waals surface area (Å²) in [6, 6.07) is 0. The molecule has 0 saturated heterocycles. The predicted octanol–water partition coefficient (Wildman–Crippen LogP) is -3.02. The van der Waals surface area contributed by atoms with Gasteiger partial charge in [-0.05, 0) is 0 Å². The molecule has 0 amide bonds. The maximum Gasteiger partial charge on any atom is 2.00 e. The zero-order chi connectivity index (χ0) is 9.00. The Balaban J connectivity index is -0.0000000178. The molecule has 0 heterocycles. The molecule has 0 spiro atoms. The van der Waals surface area contributed by atoms with Crippen LogP contribution in [0.1, 0.15) is 0 Å². The minimum absolute atomic E-state index is 0. The van der Waals surface area contributed by atoms with E-state index in [1.807, 2.05) is 0 Å². The molecule has 0 saturated carbocycles. The fourth-order valence-electron chi connectivity index (χ4n) is 0. The first-order valence-corrected chi connectivity index (χ1v) is 4.59. The van der Waals surface area contributed by atoms with Crippen LogP contribution in [0.25, 0.3) is 0 Å². The molecule has 0 atom stereocenters. The topological polar surface area (TPSA) is 266 Å². The summed E-state index contributed by atoms with van der Waals surface area (Å²) in [6.07, 6.45) is 0. The molecule has 14 heavy (non-hydrogen) atoms. The van der Waals surface area contributed by atoms with Gasteiger partial charge in [-0.3, -0.25) is 0 Å². The third kappa shape index (κ3) is 2410. The molecule has 13 N–H and O–H groups in total. The average Bonchev–Trinajstić information content (AvgIpc) is 1.12. The minimum atomic E-state index is -5.14. The van der Waals surface area contributed by atoms with E-state index in [0.717, 1.165) is 0 Å². The van der Waals surface area contributed by atoms with Crippen molar-refractivity contribution in [2.24, 2.45) is 0 Å². The molecule has 0 radical (unpaired) electrons. The van der Waals surface area contributed by atoms with Crippen LogP contribution in [0.15, 0.2) is 0 Å². The summed E-state index contributed by atoms with van der Waals surface area (Å²) < 4.78 is 17.5. The fourth-order valence-corrected chi connectivity index (χ4v) is 0. The maximum atomic E-state index is 8.88. The van der Waals surface area contributed by atoms with E-state index < -0.39 is 15.6 Å². The standard InChI is InChI=1S/Mg.3H3N.2H3O4P/c;;;;2*1-5(2,3)4/h;3*1H3;2*(H3,1,2,3,4)/q+2;;;;;/p-2. The van der Waals surface area contributed by atoms with Gasteiger partial charge in [0.15, 0.2) is 0 Å². The Morgan fingerprint density at radius 3 is 0.786 bits per heavy atom. The Labute approximate surface area is 95.9 Å². The second kappa shape index (κ2) is 13.9. The van der Waals surface area contributed by atoms with Gasteiger partial charge >= 0.3 is 30.9 Å². The summed E-state index contributed by atoms with van der Waals surface area (Å²) >= 11 is 0. The molecule has 0 aromatic heterocycles. The SMILES string of the molecule is N.N.N.O=P(O)(O)O.O=P([O-])([O-])O.[Mg+2]. The summed E-state index contributed by atoms with van der Waals surface area (Å²) in [7, 11) is -9.78. The molecule has 0 unspecified atom stereocenters. The first-order chi connectivity index (χ1) is 4.00. The monoisotopic (exact) mass is 269 g/mol. The molecular formula is H13MgN3O8P2. The molecule has 0 aliphatic carbocycles. The van der Waals surface area contributed by atoms with Gasteiger partial charge in [-0.1, -0.05) is 0 Å². The van der Waals surface area contributed by atoms with Gasteiger partial charge in [-0.25, -0.2) is 4.57 Å². The maximum absolute atomic E-state index is 8.88. The van der Waals surface area contributed by atoms with Gasteiger partial charge in [0.05, 0.1) is 7.82 Å². The molecule has 0 aliphatic rings. The van der Waals surface area contributed by atoms with Gasteiger partial charge in [-0.2, -0.15) is 0 Å². The van der Waals surface area contributed by atoms with E-state index in [2.05, 4.69) is 0 Å². The van der Waals surface area contributed by atoms with Crippen LogP contribution in [-0.4, -0.2) is 42.6 Å². The van der Waals surface area contributed by atoms with Gasteiger partial charge in [0.25, 0.3) is 0 Å². The van der Waals surface area contributed by atoms with Gasteiger partial charge < -0.3 is 52.4 Å². The zero-order valence-electron chi connectivity index (χ0n) is 7.14. The Kier molecular flexibility index (Phi) is 36.0. The molecule has 0 aliphatic heterocycles. The van der Waals surface area contributed by atoms with Crippen LogP contribution >= 0.6 is 15.6 Å². The average molecular weight is 269 g/mol. The molecule has 0 rings (SSSR count). The van der Waals surface area contributed by atoms with Crippen molar-refractivity contribution in [3.63, 3.8) is 0 Å². The van der Waals surface area contributed by atoms with Crippen LogP contribution in [0, 0.1) is 0 Å². The Morgan fingerprint density at radius 2 is 0.786 bits per heavy atom. The molecule has 0 bridgehead atoms. The Morgan fingerprint density at radius 1 is 0.786 bits per heavy atom. The largest absolute Gasteiger partial charge is 2.00 e. The van der Waals surface area contributed by atoms with Crippen LogP contribution in [0.4, 0.5) is 0 Å². The van der Waals surface area contributed by atoms with Crippen molar-refractivity contribution in [3.8, 4) is 0 Å². The molecule has 0 aromatic rings. The second-order valence-electron chi connectivity index (χ2n) is 0.982. The van der Waals surface area contributed by atoms with Crippen molar-refractivity contribution in [1.29, 1.82) is 0 Å². The van der Waals surface area contributed by atoms with Crippen LogP contribution in [0.2, 0.25) is 0 Å². The van der Waals surface area contributed by atoms with Crippen molar-refractivity contribution in [3.05, 3.63) is 0 Å². The zero-order valence-corrected chi connectivity index (χ0v) is 10.3. The summed E-state index contributed by atoms with van der Waals surface area (Å²) in [6.45, 7) is 0. The van der Waals surface area contributed by atoms with Gasteiger partial charge in [0, 0.05) is 0 Å². The number of rotatable bonds is 0. The van der Waals surface area contributed by atoms with E-state index in [1.165, 1.54) is 0 Å². The van der Waals surface area contributed by atoms with E-state index in [9.17, 15) is 0 Å². The first kappa shape index (κ1) is 36.4. The molecular weight excluding hydrogens is 256 g/mol. The molecule has 88 valence electrons. The van der Waals surface area contributed by atoms with Gasteiger partial charge in [0.2, 0.25) is 0 Å². The van der Waals surface area contributed by atoms with E-state index in [0.29, 0.717) is 0 Å². The number of hydrogen-bond acceptors (Lipinski definition) is 7. The van der Waals surface area contributed by atoms with Gasteiger partial charge in [0.1, 0.15) is 0 Å². The third-order valence-electron chi connectivity index (χ3n) is 0. The molecule has 0 fully saturated rings. The third-order valence-corrected chi connectivity index (χ3v) is 0. The molecule has 0 aromatic carbocycles. The summed E-state index contributed by atoms with van der Waals surface area (Å²) in [5.74, 6) is 0. The predicted molar refractivity (Wildman–Crippen MR) is 44.9 cm³/mol. The van der Waals surface area contributed by atoms with Gasteiger partial charge in [-0.15, -0.1) is 0 Å². The van der Waals surface area contributed by atoms with Crippen molar-refractivity contribution in [2.75, 3.05) is 0 Å². The number of phosphoric acid groups is 2. The number of hydrogen-bond donors (Lipinski definition) is 7. The van der Waals surface area contributed by atoms with Crippen LogP contribution < -0.4 is 28.2 Å². The smallest absolute Gasteiger partial charge is 0.790 e. The van der Waals surface area contributed by atoms with Crippen molar-refractivity contribution < 1.29 is 38.5 Å². The van der Waals surface area contributed by atoms with E-state index >= 15 is 0 Å². The van der Waals surface area contributed by atoms with E-state index in [4.69, 9.17) is 38.5 Å². The quantitative estimate of drug-likeness (QED) is 0.171. The minimum Gasteiger partial charge on any atom is -0.790 e. The molecule has 11 nitrogen and oxygen atoms in total. The van der Waals surface area contributed by atoms with E-state index in [1.54, 1.807) is 0 Å². The Hall–Kier alpha value is 0.866. The van der Waals surface area contributed by atoms with Crippen molar-refractivity contribution in [2.45, 2.75) is 0 Å². The fraction of sp³-hybridized carbons (Fsp3) is 0. The first-order valence-electron chi connectivity index (χ1n) is 1.53. The van der Waals surface area contributed by atoms with Crippen LogP contribution in [0.5, 0.6) is 0 Å². The summed E-state index contributed by atoms with van der Waals surface area (Å²) in [5.41, 5.74) is 0. The summed E-state index contributed by atoms with van der Waals surface area (Å²) in [5, 5.41) is 0. The normalized spacial score (nSPS) is 8.43. The van der Waals surface area contributed by atoms with Crippen molar-refractivity contribution >= 4 is 38.7 Å².